The Balaban J connectivity index is 2.52. The Bertz CT molecular complexity index is 549. The van der Waals surface area contributed by atoms with Crippen molar-refractivity contribution in [3.05, 3.63) is 47.0 Å². The molecule has 2 rings (SSSR count). The molecule has 0 amide bonds. The zero-order valence-corrected chi connectivity index (χ0v) is 11.0. The van der Waals surface area contributed by atoms with Gasteiger partial charge in [0.2, 0.25) is 0 Å². The first kappa shape index (κ1) is 11.6. The van der Waals surface area contributed by atoms with Gasteiger partial charge in [0.05, 0.1) is 4.83 Å². The average Bonchev–Trinajstić information content (AvgIpc) is 2.27. The Morgan fingerprint density at radius 2 is 1.81 bits per heavy atom. The molecule has 2 aromatic carbocycles. The average molecular weight is 298 g/mol. The van der Waals surface area contributed by atoms with Crippen LogP contribution in [0, 0.1) is 0 Å². The third-order valence-corrected chi connectivity index (χ3v) is 3.10. The van der Waals surface area contributed by atoms with E-state index < -0.39 is 0 Å². The number of carbonyl (C=O) groups excluding carboxylic acids is 1. The van der Waals surface area contributed by atoms with Crippen molar-refractivity contribution in [2.45, 2.75) is 11.8 Å². The van der Waals surface area contributed by atoms with Gasteiger partial charge in [-0.25, -0.2) is 0 Å². The van der Waals surface area contributed by atoms with Crippen LogP contribution < -0.4 is 0 Å². The van der Waals surface area contributed by atoms with Crippen LogP contribution in [0.3, 0.4) is 0 Å². The highest BCUT2D eigenvalue weighted by Gasteiger charge is 2.11. The van der Waals surface area contributed by atoms with E-state index in [1.165, 1.54) is 0 Å². The highest BCUT2D eigenvalue weighted by Crippen LogP contribution is 2.21. The van der Waals surface area contributed by atoms with Crippen LogP contribution >= 0.6 is 27.5 Å². The van der Waals surface area contributed by atoms with Gasteiger partial charge >= 0.3 is 0 Å². The summed E-state index contributed by atoms with van der Waals surface area (Å²) >= 11 is 9.18. The largest absolute Gasteiger partial charge is 0.293 e. The van der Waals surface area contributed by atoms with Crippen molar-refractivity contribution in [1.29, 1.82) is 0 Å². The summed E-state index contributed by atoms with van der Waals surface area (Å²) in [6, 6.07) is 11.3. The van der Waals surface area contributed by atoms with Crippen molar-refractivity contribution >= 4 is 44.1 Å². The van der Waals surface area contributed by atoms with Gasteiger partial charge in [-0.2, -0.15) is 0 Å². The highest BCUT2D eigenvalue weighted by molar-refractivity contribution is 9.10. The summed E-state index contributed by atoms with van der Waals surface area (Å²) < 4.78 is 0. The van der Waals surface area contributed by atoms with Crippen LogP contribution in [0.1, 0.15) is 17.3 Å². The number of ketones is 1. The molecule has 0 aliphatic carbocycles. The minimum atomic E-state index is -0.155. The number of benzene rings is 2. The maximum Gasteiger partial charge on any atom is 0.176 e. The molecule has 0 aromatic heterocycles. The number of fused-ring (bicyclic) bond motifs is 1. The lowest BCUT2D eigenvalue weighted by Crippen LogP contribution is -2.09. The van der Waals surface area contributed by atoms with Crippen molar-refractivity contribution in [3.8, 4) is 0 Å². The fourth-order valence-electron chi connectivity index (χ4n) is 1.60. The van der Waals surface area contributed by atoms with E-state index in [9.17, 15) is 4.79 Å². The number of rotatable bonds is 2. The van der Waals surface area contributed by atoms with Gasteiger partial charge < -0.3 is 0 Å². The van der Waals surface area contributed by atoms with Gasteiger partial charge in [-0.05, 0) is 35.9 Å². The van der Waals surface area contributed by atoms with E-state index in [0.29, 0.717) is 5.02 Å². The van der Waals surface area contributed by atoms with Crippen LogP contribution in [0.15, 0.2) is 36.4 Å². The molecule has 0 radical (unpaired) electrons. The van der Waals surface area contributed by atoms with Gasteiger partial charge in [0.15, 0.2) is 5.78 Å². The van der Waals surface area contributed by atoms with Crippen LogP contribution in [-0.2, 0) is 0 Å². The van der Waals surface area contributed by atoms with E-state index in [1.54, 1.807) is 0 Å². The first-order chi connectivity index (χ1) is 7.58. The molecule has 0 fully saturated rings. The molecule has 0 heterocycles. The van der Waals surface area contributed by atoms with Gasteiger partial charge in [0.1, 0.15) is 0 Å². The molecule has 0 saturated heterocycles. The molecule has 1 unspecified atom stereocenters. The van der Waals surface area contributed by atoms with Gasteiger partial charge in [0, 0.05) is 10.6 Å². The minimum Gasteiger partial charge on any atom is -0.293 e. The van der Waals surface area contributed by atoms with E-state index >= 15 is 0 Å². The Kier molecular flexibility index (Phi) is 3.31. The fourth-order valence-corrected chi connectivity index (χ4v) is 2.04. The molecule has 0 spiro atoms. The van der Waals surface area contributed by atoms with Gasteiger partial charge in [-0.15, -0.1) is 0 Å². The summed E-state index contributed by atoms with van der Waals surface area (Å²) in [6.45, 7) is 1.83. The predicted octanol–water partition coefficient (Wildman–Crippen LogP) is 4.46. The molecule has 3 heteroatoms. The molecule has 0 aliphatic rings. The number of hydrogen-bond donors (Lipinski definition) is 0. The molecule has 2 aromatic rings. The second kappa shape index (κ2) is 4.56. The summed E-state index contributed by atoms with van der Waals surface area (Å²) in [5.74, 6) is 0.0943. The summed E-state index contributed by atoms with van der Waals surface area (Å²) in [4.78, 5) is 11.6. The molecule has 1 atom stereocenters. The monoisotopic (exact) mass is 296 g/mol. The van der Waals surface area contributed by atoms with Crippen molar-refractivity contribution < 1.29 is 4.79 Å². The lowest BCUT2D eigenvalue weighted by molar-refractivity contribution is 0.0996. The van der Waals surface area contributed by atoms with Crippen LogP contribution in [0.2, 0.25) is 5.02 Å². The molecule has 0 N–H and O–H groups in total. The molecule has 1 nitrogen and oxygen atoms in total. The Labute approximate surface area is 108 Å². The smallest absolute Gasteiger partial charge is 0.176 e. The van der Waals surface area contributed by atoms with Crippen LogP contribution in [0.4, 0.5) is 0 Å². The first-order valence-corrected chi connectivity index (χ1v) is 6.25. The minimum absolute atomic E-state index is 0.0943. The molecule has 16 heavy (non-hydrogen) atoms. The number of alkyl halides is 1. The first-order valence-electron chi connectivity index (χ1n) is 4.95. The summed E-state index contributed by atoms with van der Waals surface area (Å²) in [7, 11) is 0. The van der Waals surface area contributed by atoms with E-state index in [4.69, 9.17) is 11.6 Å². The third kappa shape index (κ3) is 2.28. The Hall–Kier alpha value is -0.860. The zero-order chi connectivity index (χ0) is 11.7. The van der Waals surface area contributed by atoms with Crippen molar-refractivity contribution in [2.75, 3.05) is 0 Å². The molecular weight excluding hydrogens is 287 g/mol. The topological polar surface area (TPSA) is 17.1 Å². The summed E-state index contributed by atoms with van der Waals surface area (Å²) in [5, 5.41) is 2.79. The van der Waals surface area contributed by atoms with Crippen LogP contribution in [0.25, 0.3) is 10.8 Å². The maximum atomic E-state index is 11.8. The van der Waals surface area contributed by atoms with E-state index in [0.717, 1.165) is 16.3 Å². The normalized spacial score (nSPS) is 12.7. The Morgan fingerprint density at radius 3 is 2.50 bits per heavy atom. The molecular formula is C13H10BrClO. The Morgan fingerprint density at radius 1 is 1.19 bits per heavy atom. The number of Topliss-reactive ketones (excluding diaryl/α,β-unsaturated/α-hetero) is 1. The number of carbonyl (C=O) groups is 1. The molecule has 0 bridgehead atoms. The van der Waals surface area contributed by atoms with Gasteiger partial charge in [-0.1, -0.05) is 45.7 Å². The van der Waals surface area contributed by atoms with Crippen molar-refractivity contribution in [3.63, 3.8) is 0 Å². The number of halogens is 2. The van der Waals surface area contributed by atoms with E-state index in [1.807, 2.05) is 43.3 Å². The van der Waals surface area contributed by atoms with Crippen LogP contribution in [-0.4, -0.2) is 10.6 Å². The maximum absolute atomic E-state index is 11.8. The molecule has 82 valence electrons. The zero-order valence-electron chi connectivity index (χ0n) is 8.71. The lowest BCUT2D eigenvalue weighted by Gasteiger charge is -2.05. The third-order valence-electron chi connectivity index (χ3n) is 2.45. The van der Waals surface area contributed by atoms with Gasteiger partial charge in [-0.3, -0.25) is 4.79 Å². The lowest BCUT2D eigenvalue weighted by atomic mass is 10.0. The molecule has 0 aliphatic heterocycles. The number of hydrogen-bond acceptors (Lipinski definition) is 1. The van der Waals surface area contributed by atoms with Gasteiger partial charge in [0.25, 0.3) is 0 Å². The second-order valence-corrected chi connectivity index (χ2v) is 5.50. The SMILES string of the molecule is CC(Br)C(=O)c1ccc2cc(Cl)ccc2c1. The molecule has 0 saturated carbocycles. The fraction of sp³-hybridized carbons (Fsp3) is 0.154. The standard InChI is InChI=1S/C13H10BrClO/c1-8(14)13(16)11-3-2-10-7-12(15)5-4-9(10)6-11/h2-8H,1H3. The predicted molar refractivity (Wildman–Crippen MR) is 71.7 cm³/mol. The summed E-state index contributed by atoms with van der Waals surface area (Å²) in [6.07, 6.45) is 0. The van der Waals surface area contributed by atoms with E-state index in [2.05, 4.69) is 15.9 Å². The highest BCUT2D eigenvalue weighted by atomic mass is 79.9. The second-order valence-electron chi connectivity index (χ2n) is 3.69. The quantitative estimate of drug-likeness (QED) is 0.591. The summed E-state index contributed by atoms with van der Waals surface area (Å²) in [5.41, 5.74) is 0.721. The van der Waals surface area contributed by atoms with E-state index in [-0.39, 0.29) is 10.6 Å². The van der Waals surface area contributed by atoms with Crippen molar-refractivity contribution in [2.24, 2.45) is 0 Å². The van der Waals surface area contributed by atoms with Crippen molar-refractivity contribution in [1.82, 2.24) is 0 Å². The van der Waals surface area contributed by atoms with Crippen LogP contribution in [0.5, 0.6) is 0 Å².